The van der Waals surface area contributed by atoms with E-state index >= 15 is 0 Å². The third kappa shape index (κ3) is 7.52. The van der Waals surface area contributed by atoms with E-state index in [0.29, 0.717) is 25.2 Å². The van der Waals surface area contributed by atoms with E-state index in [9.17, 15) is 4.79 Å². The van der Waals surface area contributed by atoms with E-state index in [4.69, 9.17) is 18.6 Å². The monoisotopic (exact) mass is 548 g/mol. The van der Waals surface area contributed by atoms with Crippen molar-refractivity contribution in [2.75, 3.05) is 13.7 Å². The summed E-state index contributed by atoms with van der Waals surface area (Å²) in [5, 5.41) is 2.16. The summed E-state index contributed by atoms with van der Waals surface area (Å²) < 4.78 is 24.5. The van der Waals surface area contributed by atoms with Gasteiger partial charge < -0.3 is 18.6 Å². The number of hydrogen-bond acceptors (Lipinski definition) is 5. The van der Waals surface area contributed by atoms with Crippen LogP contribution in [0.5, 0.6) is 11.5 Å². The first-order valence-electron chi connectivity index (χ1n) is 13.9. The van der Waals surface area contributed by atoms with E-state index in [0.717, 1.165) is 11.3 Å². The Morgan fingerprint density at radius 3 is 1.95 bits per heavy atom. The van der Waals surface area contributed by atoms with Crippen LogP contribution in [-0.2, 0) is 20.4 Å². The molecule has 0 aliphatic heterocycles. The highest BCUT2D eigenvalue weighted by atomic mass is 28.4. The maximum absolute atomic E-state index is 12.9. The van der Waals surface area contributed by atoms with E-state index in [-0.39, 0.29) is 29.6 Å². The van der Waals surface area contributed by atoms with Crippen molar-refractivity contribution in [2.45, 2.75) is 78.1 Å². The summed E-state index contributed by atoms with van der Waals surface area (Å²) in [6, 6.07) is 27.0. The quantitative estimate of drug-likeness (QED) is 0.185. The van der Waals surface area contributed by atoms with E-state index in [2.05, 4.69) is 75.4 Å². The average molecular weight is 549 g/mol. The van der Waals surface area contributed by atoms with Crippen molar-refractivity contribution in [2.24, 2.45) is 0 Å². The van der Waals surface area contributed by atoms with Crippen molar-refractivity contribution >= 4 is 24.7 Å². The van der Waals surface area contributed by atoms with Crippen molar-refractivity contribution < 1.29 is 23.4 Å². The number of methoxy groups -OCH3 is 1. The number of ether oxygens (including phenoxy) is 3. The zero-order chi connectivity index (χ0) is 28.5. The summed E-state index contributed by atoms with van der Waals surface area (Å²) in [5.41, 5.74) is 1.03. The summed E-state index contributed by atoms with van der Waals surface area (Å²) in [5.74, 6) is 1.20. The van der Waals surface area contributed by atoms with Gasteiger partial charge in [-0.05, 0) is 60.7 Å². The Hall–Kier alpha value is -3.09. The largest absolute Gasteiger partial charge is 0.493 e. The van der Waals surface area contributed by atoms with Crippen molar-refractivity contribution in [1.82, 2.24) is 0 Å². The lowest BCUT2D eigenvalue weighted by atomic mass is 10.0. The smallest absolute Gasteiger partial charge is 0.308 e. The molecular formula is C33H44O5Si. The van der Waals surface area contributed by atoms with Crippen LogP contribution in [0.3, 0.4) is 0 Å². The molecule has 3 rings (SSSR count). The van der Waals surface area contributed by atoms with Gasteiger partial charge >= 0.3 is 5.97 Å². The zero-order valence-corrected chi connectivity index (χ0v) is 25.5. The molecule has 3 aromatic carbocycles. The molecule has 3 aromatic rings. The van der Waals surface area contributed by atoms with Crippen molar-refractivity contribution in [3.63, 3.8) is 0 Å². The Bertz CT molecular complexity index is 1130. The van der Waals surface area contributed by atoms with Crippen molar-refractivity contribution in [3.05, 3.63) is 84.4 Å². The predicted octanol–water partition coefficient (Wildman–Crippen LogP) is 6.31. The van der Waals surface area contributed by atoms with E-state index in [1.54, 1.807) is 7.11 Å². The van der Waals surface area contributed by atoms with Crippen LogP contribution >= 0.6 is 0 Å². The maximum Gasteiger partial charge on any atom is 0.308 e. The Morgan fingerprint density at radius 2 is 1.46 bits per heavy atom. The highest BCUT2D eigenvalue weighted by Crippen LogP contribution is 2.39. The van der Waals surface area contributed by atoms with Gasteiger partial charge in [-0.15, -0.1) is 0 Å². The molecule has 0 heterocycles. The third-order valence-corrected chi connectivity index (χ3v) is 11.9. The molecular weight excluding hydrogens is 504 g/mol. The molecule has 1 unspecified atom stereocenters. The van der Waals surface area contributed by atoms with Crippen molar-refractivity contribution in [3.8, 4) is 11.5 Å². The Morgan fingerprint density at radius 1 is 0.872 bits per heavy atom. The first kappa shape index (κ1) is 30.4. The molecule has 0 N–H and O–H groups in total. The standard InChI is InChI=1S/C33H44O5Si/c1-8-36-31(34)24-27(23-22-26-16-15-21-30(35-7)32(26)37-25(2)3)38-39(33(4,5)6,28-17-11-9-12-18-28)29-19-13-10-14-20-29/h9-21,25,27H,8,22-24H2,1-7H3. The molecule has 0 aliphatic rings. The number of esters is 1. The normalized spacial score (nSPS) is 12.7. The van der Waals surface area contributed by atoms with E-state index < -0.39 is 8.32 Å². The molecule has 6 heteroatoms. The van der Waals surface area contributed by atoms with Crippen LogP contribution in [0.15, 0.2) is 78.9 Å². The van der Waals surface area contributed by atoms with Crippen molar-refractivity contribution in [1.29, 1.82) is 0 Å². The molecule has 39 heavy (non-hydrogen) atoms. The molecule has 0 aromatic heterocycles. The van der Waals surface area contributed by atoms with Gasteiger partial charge in [0, 0.05) is 0 Å². The lowest BCUT2D eigenvalue weighted by molar-refractivity contribution is -0.145. The van der Waals surface area contributed by atoms with Gasteiger partial charge in [0.2, 0.25) is 0 Å². The molecule has 0 saturated heterocycles. The molecule has 0 amide bonds. The van der Waals surface area contributed by atoms with Crippen LogP contribution in [0.4, 0.5) is 0 Å². The molecule has 0 bridgehead atoms. The van der Waals surface area contributed by atoms with Gasteiger partial charge in [0.1, 0.15) is 0 Å². The number of aryl methyl sites for hydroxylation is 1. The van der Waals surface area contributed by atoms with Gasteiger partial charge in [0.15, 0.2) is 11.5 Å². The van der Waals surface area contributed by atoms with Gasteiger partial charge in [0.25, 0.3) is 8.32 Å². The fraction of sp³-hybridized carbons (Fsp3) is 0.424. The van der Waals surface area contributed by atoms with Crippen LogP contribution < -0.4 is 19.8 Å². The molecule has 5 nitrogen and oxygen atoms in total. The lowest BCUT2D eigenvalue weighted by Crippen LogP contribution is -2.67. The first-order chi connectivity index (χ1) is 18.6. The second-order valence-corrected chi connectivity index (χ2v) is 15.3. The minimum atomic E-state index is -2.86. The number of rotatable bonds is 13. The van der Waals surface area contributed by atoms with Gasteiger partial charge in [0.05, 0.1) is 32.3 Å². The maximum atomic E-state index is 12.9. The number of para-hydroxylation sites is 1. The Kier molecular flexibility index (Phi) is 10.8. The van der Waals surface area contributed by atoms with E-state index in [1.807, 2.05) is 45.0 Å². The third-order valence-electron chi connectivity index (χ3n) is 6.83. The van der Waals surface area contributed by atoms with Crippen LogP contribution in [0.2, 0.25) is 5.04 Å². The van der Waals surface area contributed by atoms with Gasteiger partial charge in [-0.3, -0.25) is 4.79 Å². The highest BCUT2D eigenvalue weighted by molar-refractivity contribution is 6.99. The zero-order valence-electron chi connectivity index (χ0n) is 24.5. The van der Waals surface area contributed by atoms with Crippen LogP contribution in [-0.4, -0.2) is 40.2 Å². The molecule has 0 radical (unpaired) electrons. The van der Waals surface area contributed by atoms with Crippen LogP contribution in [0.1, 0.15) is 59.9 Å². The molecule has 1 atom stereocenters. The minimum Gasteiger partial charge on any atom is -0.493 e. The summed E-state index contributed by atoms with van der Waals surface area (Å²) in [6.45, 7) is 12.9. The second kappa shape index (κ2) is 13.8. The Balaban J connectivity index is 2.07. The molecule has 0 spiro atoms. The molecule has 0 aliphatic carbocycles. The van der Waals surface area contributed by atoms with Crippen LogP contribution in [0.25, 0.3) is 0 Å². The number of carbonyl (C=O) groups is 1. The summed E-state index contributed by atoms with van der Waals surface area (Å²) in [6.07, 6.45) is 1.13. The number of carbonyl (C=O) groups excluding carboxylic acids is 1. The summed E-state index contributed by atoms with van der Waals surface area (Å²) >= 11 is 0. The topological polar surface area (TPSA) is 54.0 Å². The Labute approximate surface area is 235 Å². The fourth-order valence-corrected chi connectivity index (χ4v) is 9.87. The highest BCUT2D eigenvalue weighted by Gasteiger charge is 2.51. The number of hydrogen-bond donors (Lipinski definition) is 0. The minimum absolute atomic E-state index is 0.00346. The SMILES string of the molecule is CCOC(=O)CC(CCc1cccc(OC)c1OC(C)C)O[Si](c1ccccc1)(c1ccccc1)C(C)(C)C. The van der Waals surface area contributed by atoms with Gasteiger partial charge in [-0.2, -0.15) is 0 Å². The summed E-state index contributed by atoms with van der Waals surface area (Å²) in [4.78, 5) is 12.9. The first-order valence-corrected chi connectivity index (χ1v) is 15.8. The van der Waals surface area contributed by atoms with E-state index in [1.165, 1.54) is 10.4 Å². The summed E-state index contributed by atoms with van der Waals surface area (Å²) in [7, 11) is -1.21. The number of benzene rings is 3. The molecule has 0 fully saturated rings. The molecule has 210 valence electrons. The average Bonchev–Trinajstić information content (AvgIpc) is 2.91. The van der Waals surface area contributed by atoms with Gasteiger partial charge in [-0.1, -0.05) is 93.6 Å². The fourth-order valence-electron chi connectivity index (χ4n) is 5.15. The lowest BCUT2D eigenvalue weighted by Gasteiger charge is -2.45. The predicted molar refractivity (Wildman–Crippen MR) is 161 cm³/mol. The second-order valence-electron chi connectivity index (χ2n) is 11.1. The van der Waals surface area contributed by atoms with Crippen LogP contribution in [0, 0.1) is 0 Å². The molecule has 0 saturated carbocycles. The van der Waals surface area contributed by atoms with Gasteiger partial charge in [-0.25, -0.2) is 0 Å².